The molecular weight excluding hydrogens is 228 g/mol. The molecule has 1 aromatic carbocycles. The molecule has 3 heteroatoms. The number of hydrogen-bond acceptors (Lipinski definition) is 3. The molecule has 1 aliphatic carbocycles. The van der Waals surface area contributed by atoms with E-state index >= 15 is 0 Å². The number of hydrogen-bond donors (Lipinski definition) is 1. The molecule has 0 aliphatic heterocycles. The standard InChI is InChI=1S/C15H22O3/c1-17-15-10-12(8-9-14(15)16)11-18-13-6-4-2-3-5-7-13/h8-10,13,16H,2-7,11H2,1H3. The van der Waals surface area contributed by atoms with Gasteiger partial charge in [0.15, 0.2) is 11.5 Å². The summed E-state index contributed by atoms with van der Waals surface area (Å²) >= 11 is 0. The van der Waals surface area contributed by atoms with Crippen molar-refractivity contribution >= 4 is 0 Å². The highest BCUT2D eigenvalue weighted by atomic mass is 16.5. The maximum absolute atomic E-state index is 9.52. The van der Waals surface area contributed by atoms with Gasteiger partial charge in [-0.2, -0.15) is 0 Å². The molecule has 0 atom stereocenters. The van der Waals surface area contributed by atoms with Crippen molar-refractivity contribution in [2.24, 2.45) is 0 Å². The molecule has 0 radical (unpaired) electrons. The first-order chi connectivity index (χ1) is 8.79. The quantitative estimate of drug-likeness (QED) is 0.829. The minimum absolute atomic E-state index is 0.177. The van der Waals surface area contributed by atoms with Crippen molar-refractivity contribution in [1.29, 1.82) is 0 Å². The van der Waals surface area contributed by atoms with Crippen LogP contribution in [-0.4, -0.2) is 18.3 Å². The second-order valence-electron chi connectivity index (χ2n) is 4.93. The van der Waals surface area contributed by atoms with Crippen molar-refractivity contribution in [1.82, 2.24) is 0 Å². The van der Waals surface area contributed by atoms with Crippen LogP contribution in [0.2, 0.25) is 0 Å². The largest absolute Gasteiger partial charge is 0.504 e. The van der Waals surface area contributed by atoms with Crippen LogP contribution in [0.25, 0.3) is 0 Å². The molecule has 1 saturated carbocycles. The van der Waals surface area contributed by atoms with E-state index in [9.17, 15) is 5.11 Å². The summed E-state index contributed by atoms with van der Waals surface area (Å²) in [4.78, 5) is 0. The van der Waals surface area contributed by atoms with E-state index in [4.69, 9.17) is 9.47 Å². The number of ether oxygens (including phenoxy) is 2. The first-order valence-electron chi connectivity index (χ1n) is 6.77. The van der Waals surface area contributed by atoms with Gasteiger partial charge in [-0.25, -0.2) is 0 Å². The fourth-order valence-electron chi connectivity index (χ4n) is 2.43. The first kappa shape index (κ1) is 13.2. The van der Waals surface area contributed by atoms with Gasteiger partial charge in [0, 0.05) is 0 Å². The van der Waals surface area contributed by atoms with Crippen LogP contribution in [0.15, 0.2) is 18.2 Å². The molecule has 0 heterocycles. The molecule has 1 fully saturated rings. The van der Waals surface area contributed by atoms with Crippen LogP contribution in [0.4, 0.5) is 0 Å². The average molecular weight is 250 g/mol. The maximum atomic E-state index is 9.52. The minimum Gasteiger partial charge on any atom is -0.504 e. The van der Waals surface area contributed by atoms with E-state index < -0.39 is 0 Å². The fraction of sp³-hybridized carbons (Fsp3) is 0.600. The summed E-state index contributed by atoms with van der Waals surface area (Å²) in [7, 11) is 1.56. The van der Waals surface area contributed by atoms with Gasteiger partial charge in [0.05, 0.1) is 19.8 Å². The van der Waals surface area contributed by atoms with Crippen LogP contribution in [0.5, 0.6) is 11.5 Å². The lowest BCUT2D eigenvalue weighted by Crippen LogP contribution is -2.11. The molecule has 1 N–H and O–H groups in total. The lowest BCUT2D eigenvalue weighted by atomic mass is 10.1. The van der Waals surface area contributed by atoms with Crippen LogP contribution in [-0.2, 0) is 11.3 Å². The number of phenols is 1. The Kier molecular flexibility index (Phi) is 4.88. The average Bonchev–Trinajstić information content (AvgIpc) is 2.66. The van der Waals surface area contributed by atoms with Crippen LogP contribution in [0.1, 0.15) is 44.1 Å². The summed E-state index contributed by atoms with van der Waals surface area (Å²) in [5.41, 5.74) is 1.05. The molecule has 0 saturated heterocycles. The van der Waals surface area contributed by atoms with E-state index in [1.165, 1.54) is 38.5 Å². The van der Waals surface area contributed by atoms with E-state index in [2.05, 4.69) is 0 Å². The molecule has 0 aromatic heterocycles. The van der Waals surface area contributed by atoms with Crippen LogP contribution in [0.3, 0.4) is 0 Å². The Morgan fingerprint density at radius 3 is 2.56 bits per heavy atom. The first-order valence-corrected chi connectivity index (χ1v) is 6.77. The van der Waals surface area contributed by atoms with Crippen molar-refractivity contribution in [3.05, 3.63) is 23.8 Å². The maximum Gasteiger partial charge on any atom is 0.160 e. The molecule has 0 unspecified atom stereocenters. The topological polar surface area (TPSA) is 38.7 Å². The van der Waals surface area contributed by atoms with Crippen molar-refractivity contribution in [3.63, 3.8) is 0 Å². The lowest BCUT2D eigenvalue weighted by molar-refractivity contribution is 0.0309. The Bertz CT molecular complexity index is 368. The van der Waals surface area contributed by atoms with Gasteiger partial charge >= 0.3 is 0 Å². The highest BCUT2D eigenvalue weighted by Gasteiger charge is 2.13. The van der Waals surface area contributed by atoms with Gasteiger partial charge in [0.25, 0.3) is 0 Å². The van der Waals surface area contributed by atoms with Crippen LogP contribution >= 0.6 is 0 Å². The zero-order valence-electron chi connectivity index (χ0n) is 11.0. The normalized spacial score (nSPS) is 17.4. The highest BCUT2D eigenvalue weighted by Crippen LogP contribution is 2.27. The minimum atomic E-state index is 0.177. The number of methoxy groups -OCH3 is 1. The molecule has 2 rings (SSSR count). The number of phenolic OH excluding ortho intramolecular Hbond substituents is 1. The molecule has 1 aliphatic rings. The third kappa shape index (κ3) is 3.64. The van der Waals surface area contributed by atoms with Crippen molar-refractivity contribution in [2.45, 2.75) is 51.2 Å². The number of rotatable bonds is 4. The molecule has 18 heavy (non-hydrogen) atoms. The smallest absolute Gasteiger partial charge is 0.160 e. The van der Waals surface area contributed by atoms with Crippen molar-refractivity contribution in [2.75, 3.05) is 7.11 Å². The van der Waals surface area contributed by atoms with E-state index in [0.717, 1.165) is 5.56 Å². The predicted molar refractivity (Wildman–Crippen MR) is 70.9 cm³/mol. The third-order valence-electron chi connectivity index (χ3n) is 3.53. The summed E-state index contributed by atoms with van der Waals surface area (Å²) in [6, 6.07) is 5.38. The summed E-state index contributed by atoms with van der Waals surface area (Å²) < 4.78 is 11.0. The van der Waals surface area contributed by atoms with Crippen LogP contribution in [0, 0.1) is 0 Å². The molecule has 0 bridgehead atoms. The Balaban J connectivity index is 1.88. The van der Waals surface area contributed by atoms with E-state index in [1.807, 2.05) is 12.1 Å². The zero-order chi connectivity index (χ0) is 12.8. The Labute approximate surface area is 109 Å². The SMILES string of the molecule is COc1cc(COC2CCCCCC2)ccc1O. The van der Waals surface area contributed by atoms with Crippen LogP contribution < -0.4 is 4.74 Å². The van der Waals surface area contributed by atoms with Gasteiger partial charge in [-0.05, 0) is 30.5 Å². The Hall–Kier alpha value is -1.22. The molecule has 1 aromatic rings. The summed E-state index contributed by atoms with van der Waals surface area (Å²) in [6.45, 7) is 0.599. The lowest BCUT2D eigenvalue weighted by Gasteiger charge is -2.15. The molecule has 0 spiro atoms. The van der Waals surface area contributed by atoms with Gasteiger partial charge in [-0.1, -0.05) is 31.7 Å². The third-order valence-corrected chi connectivity index (χ3v) is 3.53. The summed E-state index contributed by atoms with van der Waals surface area (Å²) in [5.74, 6) is 0.688. The number of benzene rings is 1. The second-order valence-corrected chi connectivity index (χ2v) is 4.93. The van der Waals surface area contributed by atoms with Gasteiger partial charge in [0.2, 0.25) is 0 Å². The van der Waals surface area contributed by atoms with E-state index in [1.54, 1.807) is 13.2 Å². The molecule has 3 nitrogen and oxygen atoms in total. The van der Waals surface area contributed by atoms with E-state index in [-0.39, 0.29) is 5.75 Å². The van der Waals surface area contributed by atoms with Gasteiger partial charge < -0.3 is 14.6 Å². The Morgan fingerprint density at radius 1 is 1.17 bits per heavy atom. The Morgan fingerprint density at radius 2 is 1.89 bits per heavy atom. The summed E-state index contributed by atoms with van der Waals surface area (Å²) in [6.07, 6.45) is 7.99. The number of aromatic hydroxyl groups is 1. The fourth-order valence-corrected chi connectivity index (χ4v) is 2.43. The van der Waals surface area contributed by atoms with Gasteiger partial charge in [-0.3, -0.25) is 0 Å². The van der Waals surface area contributed by atoms with Gasteiger partial charge in [0.1, 0.15) is 0 Å². The molecule has 0 amide bonds. The van der Waals surface area contributed by atoms with Crippen molar-refractivity contribution < 1.29 is 14.6 Å². The summed E-state index contributed by atoms with van der Waals surface area (Å²) in [5, 5.41) is 9.52. The molecular formula is C15H22O3. The second kappa shape index (κ2) is 6.64. The van der Waals surface area contributed by atoms with E-state index in [0.29, 0.717) is 18.5 Å². The van der Waals surface area contributed by atoms with Crippen molar-refractivity contribution in [3.8, 4) is 11.5 Å². The monoisotopic (exact) mass is 250 g/mol. The predicted octanol–water partition coefficient (Wildman–Crippen LogP) is 3.64. The van der Waals surface area contributed by atoms with Gasteiger partial charge in [-0.15, -0.1) is 0 Å². The zero-order valence-corrected chi connectivity index (χ0v) is 11.0. The molecule has 100 valence electrons. The highest BCUT2D eigenvalue weighted by molar-refractivity contribution is 5.41.